The number of amides is 1. The van der Waals surface area contributed by atoms with Crippen molar-refractivity contribution in [2.45, 2.75) is 34.8 Å². The minimum absolute atomic E-state index is 0.301. The lowest BCUT2D eigenvalue weighted by Gasteiger charge is -2.36. The molecule has 10 heteroatoms. The van der Waals surface area contributed by atoms with Gasteiger partial charge in [-0.1, -0.05) is 90.7 Å². The first kappa shape index (κ1) is 29.4. The highest BCUT2D eigenvalue weighted by Crippen LogP contribution is 2.42. The number of pyridine rings is 2. The molecule has 3 heterocycles. The predicted octanol–water partition coefficient (Wildman–Crippen LogP) is 6.51. The van der Waals surface area contributed by atoms with Gasteiger partial charge < -0.3 is 16.4 Å². The highest BCUT2D eigenvalue weighted by molar-refractivity contribution is 8.01. The molecule has 3 aromatic heterocycles. The summed E-state index contributed by atoms with van der Waals surface area (Å²) >= 11 is 2.58. The van der Waals surface area contributed by atoms with Crippen molar-refractivity contribution in [1.82, 2.24) is 20.3 Å². The van der Waals surface area contributed by atoms with E-state index in [4.69, 9.17) is 5.73 Å². The normalized spacial score (nSPS) is 11.4. The van der Waals surface area contributed by atoms with Crippen LogP contribution in [0, 0.1) is 12.7 Å². The van der Waals surface area contributed by atoms with Crippen LogP contribution in [0.5, 0.6) is 0 Å². The van der Waals surface area contributed by atoms with Crippen molar-refractivity contribution in [3.05, 3.63) is 125 Å². The Morgan fingerprint density at radius 3 is 2.31 bits per heavy atom. The summed E-state index contributed by atoms with van der Waals surface area (Å²) in [6.07, 6.45) is 5.41. The number of hydrogen-bond donors (Lipinski definition) is 3. The lowest BCUT2D eigenvalue weighted by atomic mass is 9.70. The number of carbonyl (C=O) groups excluding carboxylic acids is 1. The molecule has 5 aromatic rings. The van der Waals surface area contributed by atoms with Gasteiger partial charge in [-0.25, -0.2) is 19.3 Å². The molecule has 0 atom stereocenters. The van der Waals surface area contributed by atoms with Crippen LogP contribution < -0.4 is 16.4 Å². The maximum absolute atomic E-state index is 16.1. The Hall–Kier alpha value is -4.12. The number of halogens is 1. The van der Waals surface area contributed by atoms with Gasteiger partial charge in [0.15, 0.2) is 16.6 Å². The second-order valence-electron chi connectivity index (χ2n) is 9.84. The van der Waals surface area contributed by atoms with Crippen molar-refractivity contribution in [3.63, 3.8) is 0 Å². The first-order valence-corrected chi connectivity index (χ1v) is 15.1. The zero-order chi connectivity index (χ0) is 29.5. The molecule has 42 heavy (non-hydrogen) atoms. The average Bonchev–Trinajstić information content (AvgIpc) is 3.44. The number of rotatable bonds is 12. The summed E-state index contributed by atoms with van der Waals surface area (Å²) in [6, 6.07) is 24.2. The maximum Gasteiger partial charge on any atom is 0.270 e. The molecule has 7 nitrogen and oxygen atoms in total. The van der Waals surface area contributed by atoms with E-state index < -0.39 is 17.1 Å². The third kappa shape index (κ3) is 6.51. The molecule has 0 radical (unpaired) electrons. The number of hydrogen-bond acceptors (Lipinski definition) is 8. The molecule has 0 spiro atoms. The number of nitrogens with two attached hydrogens (primary N) is 1. The van der Waals surface area contributed by atoms with Crippen molar-refractivity contribution in [1.29, 1.82) is 0 Å². The van der Waals surface area contributed by atoms with Crippen molar-refractivity contribution < 1.29 is 9.18 Å². The lowest BCUT2D eigenvalue weighted by Crippen LogP contribution is -2.41. The fourth-order valence-electron chi connectivity index (χ4n) is 4.91. The molecule has 0 saturated carbocycles. The van der Waals surface area contributed by atoms with Gasteiger partial charge in [-0.2, -0.15) is 0 Å². The van der Waals surface area contributed by atoms with E-state index in [1.165, 1.54) is 23.1 Å². The van der Waals surface area contributed by atoms with Crippen LogP contribution in [-0.2, 0) is 11.8 Å². The van der Waals surface area contributed by atoms with Crippen LogP contribution in [-0.4, -0.2) is 33.9 Å². The zero-order valence-corrected chi connectivity index (χ0v) is 24.9. The number of primary amides is 1. The first-order valence-electron chi connectivity index (χ1n) is 13.5. The summed E-state index contributed by atoms with van der Waals surface area (Å²) < 4.78 is 16.8. The smallest absolute Gasteiger partial charge is 0.270 e. The number of carbonyl (C=O) groups is 1. The number of anilines is 2. The standard InChI is InChI=1S/C32H31FN6OS2/c1-3-35-20-32(23-10-6-4-7-11-23,24-12-8-5-9-13-24)17-22-18-37-28(30(34)40)27(33)29(22)41-26-19-38-31(42-26)39-25-16-21(2)14-15-36-25/h4-16,18-19,35H,3,17,20H2,1-2H3,(H2,34,40)(H,36,38,39). The van der Waals surface area contributed by atoms with Gasteiger partial charge in [0.2, 0.25) is 0 Å². The van der Waals surface area contributed by atoms with Gasteiger partial charge in [0.05, 0.1) is 15.3 Å². The summed E-state index contributed by atoms with van der Waals surface area (Å²) in [7, 11) is 0. The number of likely N-dealkylation sites (N-methyl/N-ethyl adjacent to an activating group) is 1. The quantitative estimate of drug-likeness (QED) is 0.150. The minimum Gasteiger partial charge on any atom is -0.364 e. The molecule has 5 rings (SSSR count). The number of nitrogens with zero attached hydrogens (tertiary/aromatic N) is 3. The summed E-state index contributed by atoms with van der Waals surface area (Å²) in [5.74, 6) is -0.971. The molecule has 0 fully saturated rings. The first-order chi connectivity index (χ1) is 20.4. The number of benzene rings is 2. The fraction of sp³-hybridized carbons (Fsp3) is 0.188. The molecule has 4 N–H and O–H groups in total. The van der Waals surface area contributed by atoms with E-state index in [9.17, 15) is 4.79 Å². The molecule has 2 aromatic carbocycles. The number of aryl methyl sites for hydroxylation is 1. The second kappa shape index (κ2) is 13.2. The van der Waals surface area contributed by atoms with Crippen LogP contribution in [0.1, 0.15) is 39.7 Å². The molecule has 214 valence electrons. The van der Waals surface area contributed by atoms with E-state index in [0.717, 1.165) is 27.4 Å². The molecule has 0 aliphatic carbocycles. The molecular formula is C32H31FN6OS2. The van der Waals surface area contributed by atoms with E-state index in [2.05, 4.69) is 56.8 Å². The van der Waals surface area contributed by atoms with Gasteiger partial charge in [0.1, 0.15) is 5.82 Å². The van der Waals surface area contributed by atoms with Gasteiger partial charge in [-0.3, -0.25) is 4.79 Å². The van der Waals surface area contributed by atoms with E-state index in [1.54, 1.807) is 18.6 Å². The third-order valence-corrected chi connectivity index (χ3v) is 9.10. The van der Waals surface area contributed by atoms with E-state index in [-0.39, 0.29) is 5.69 Å². The Kier molecular flexibility index (Phi) is 9.26. The maximum atomic E-state index is 16.1. The van der Waals surface area contributed by atoms with Crippen LogP contribution in [0.3, 0.4) is 0 Å². The Balaban J connectivity index is 1.58. The third-order valence-electron chi connectivity index (χ3n) is 6.94. The van der Waals surface area contributed by atoms with Crippen LogP contribution in [0.4, 0.5) is 15.3 Å². The Bertz CT molecular complexity index is 1620. The largest absolute Gasteiger partial charge is 0.364 e. The van der Waals surface area contributed by atoms with Gasteiger partial charge in [0, 0.05) is 24.4 Å². The predicted molar refractivity (Wildman–Crippen MR) is 167 cm³/mol. The summed E-state index contributed by atoms with van der Waals surface area (Å²) in [6.45, 7) is 5.43. The van der Waals surface area contributed by atoms with Crippen molar-refractivity contribution in [3.8, 4) is 0 Å². The van der Waals surface area contributed by atoms with Gasteiger partial charge in [-0.05, 0) is 54.3 Å². The van der Waals surface area contributed by atoms with Crippen LogP contribution in [0.25, 0.3) is 0 Å². The SMILES string of the molecule is CCNCC(Cc1cnc(C(N)=O)c(F)c1Sc1cnc(Nc2cc(C)ccn2)s1)(c1ccccc1)c1ccccc1. The lowest BCUT2D eigenvalue weighted by molar-refractivity contribution is 0.0990. The Morgan fingerprint density at radius 2 is 1.69 bits per heavy atom. The van der Waals surface area contributed by atoms with Crippen molar-refractivity contribution >= 4 is 40.0 Å². The summed E-state index contributed by atoms with van der Waals surface area (Å²) in [4.78, 5) is 25.4. The molecule has 0 bridgehead atoms. The van der Waals surface area contributed by atoms with E-state index in [0.29, 0.717) is 34.4 Å². The molecular weight excluding hydrogens is 568 g/mol. The minimum atomic E-state index is -0.914. The van der Waals surface area contributed by atoms with Gasteiger partial charge in [0.25, 0.3) is 5.91 Å². The second-order valence-corrected chi connectivity index (χ2v) is 12.2. The monoisotopic (exact) mass is 598 g/mol. The van der Waals surface area contributed by atoms with Crippen LogP contribution in [0.15, 0.2) is 100 Å². The Labute approximate surface area is 252 Å². The van der Waals surface area contributed by atoms with E-state index in [1.807, 2.05) is 55.5 Å². The van der Waals surface area contributed by atoms with Crippen molar-refractivity contribution in [2.75, 3.05) is 18.4 Å². The van der Waals surface area contributed by atoms with Crippen LogP contribution in [0.2, 0.25) is 0 Å². The summed E-state index contributed by atoms with van der Waals surface area (Å²) in [5.41, 5.74) is 8.49. The number of thiazole rings is 1. The number of nitrogens with one attached hydrogen (secondary N) is 2. The molecule has 0 saturated heterocycles. The summed E-state index contributed by atoms with van der Waals surface area (Å²) in [5, 5.41) is 7.36. The van der Waals surface area contributed by atoms with E-state index >= 15 is 4.39 Å². The van der Waals surface area contributed by atoms with Crippen LogP contribution >= 0.6 is 23.1 Å². The highest BCUT2D eigenvalue weighted by Gasteiger charge is 2.36. The Morgan fingerprint density at radius 1 is 1.00 bits per heavy atom. The number of aromatic nitrogens is 3. The van der Waals surface area contributed by atoms with Gasteiger partial charge >= 0.3 is 0 Å². The van der Waals surface area contributed by atoms with Crippen molar-refractivity contribution in [2.24, 2.45) is 5.73 Å². The molecule has 0 aliphatic heterocycles. The highest BCUT2D eigenvalue weighted by atomic mass is 32.2. The van der Waals surface area contributed by atoms with Gasteiger partial charge in [-0.15, -0.1) is 0 Å². The fourth-order valence-corrected chi connectivity index (χ4v) is 6.87. The molecule has 1 amide bonds. The zero-order valence-electron chi connectivity index (χ0n) is 23.3. The molecule has 0 aliphatic rings. The molecule has 0 unspecified atom stereocenters. The average molecular weight is 599 g/mol. The topological polar surface area (TPSA) is 106 Å².